The molecule has 0 spiro atoms. The lowest BCUT2D eigenvalue weighted by Crippen LogP contribution is -2.46. The average molecular weight is 440 g/mol. The van der Waals surface area contributed by atoms with Crippen molar-refractivity contribution in [3.8, 4) is 11.5 Å². The van der Waals surface area contributed by atoms with E-state index in [2.05, 4.69) is 55.8 Å². The van der Waals surface area contributed by atoms with Gasteiger partial charge in [0.15, 0.2) is 17.5 Å². The number of nitrogens with one attached hydrogen (secondary N) is 2. The van der Waals surface area contributed by atoms with Gasteiger partial charge in [-0.15, -0.1) is 0 Å². The molecule has 3 rings (SSSR count). The summed E-state index contributed by atoms with van der Waals surface area (Å²) < 4.78 is 10.7. The van der Waals surface area contributed by atoms with Crippen molar-refractivity contribution in [2.45, 2.75) is 19.5 Å². The first-order chi connectivity index (χ1) is 15.7. The molecule has 1 aliphatic heterocycles. The maximum atomic E-state index is 5.38. The predicted molar refractivity (Wildman–Crippen MR) is 131 cm³/mol. The third-order valence-electron chi connectivity index (χ3n) is 5.79. The number of piperazine rings is 1. The molecular formula is C25H37N5O2. The number of nitrogens with zero attached hydrogens (tertiary/aromatic N) is 3. The fraction of sp³-hybridized carbons (Fsp3) is 0.480. The van der Waals surface area contributed by atoms with Crippen molar-refractivity contribution < 1.29 is 9.47 Å². The molecular weight excluding hydrogens is 402 g/mol. The fourth-order valence-electron chi connectivity index (χ4n) is 3.92. The Morgan fingerprint density at radius 3 is 2.28 bits per heavy atom. The van der Waals surface area contributed by atoms with E-state index >= 15 is 0 Å². The van der Waals surface area contributed by atoms with Gasteiger partial charge in [0.05, 0.1) is 14.2 Å². The highest BCUT2D eigenvalue weighted by Gasteiger charge is 2.16. The number of hydrogen-bond donors (Lipinski definition) is 2. The Balaban J connectivity index is 1.31. The standard InChI is InChI=1S/C25H37N5O2/c1-26-25(28-19-22-10-11-23(31-2)24(18-22)32-3)27-12-7-13-29-14-16-30(17-15-29)20-21-8-5-4-6-9-21/h4-6,8-11,18H,7,12-17,19-20H2,1-3H3,(H2,26,27,28). The Morgan fingerprint density at radius 1 is 0.875 bits per heavy atom. The molecule has 1 fully saturated rings. The molecule has 0 bridgehead atoms. The lowest BCUT2D eigenvalue weighted by molar-refractivity contribution is 0.126. The summed E-state index contributed by atoms with van der Waals surface area (Å²) in [5.41, 5.74) is 2.51. The van der Waals surface area contributed by atoms with Crippen molar-refractivity contribution in [3.05, 3.63) is 59.7 Å². The van der Waals surface area contributed by atoms with Gasteiger partial charge in [-0.2, -0.15) is 0 Å². The van der Waals surface area contributed by atoms with Crippen LogP contribution in [-0.4, -0.2) is 76.3 Å². The molecule has 2 aromatic carbocycles. The zero-order valence-electron chi connectivity index (χ0n) is 19.6. The first-order valence-electron chi connectivity index (χ1n) is 11.4. The summed E-state index contributed by atoms with van der Waals surface area (Å²) >= 11 is 0. The Hall–Kier alpha value is -2.77. The van der Waals surface area contributed by atoms with E-state index < -0.39 is 0 Å². The topological polar surface area (TPSA) is 61.4 Å². The molecule has 2 aromatic rings. The Bertz CT molecular complexity index is 835. The van der Waals surface area contributed by atoms with Crippen LogP contribution < -0.4 is 20.1 Å². The highest BCUT2D eigenvalue weighted by atomic mass is 16.5. The van der Waals surface area contributed by atoms with Gasteiger partial charge in [-0.1, -0.05) is 36.4 Å². The van der Waals surface area contributed by atoms with Crippen molar-refractivity contribution in [1.82, 2.24) is 20.4 Å². The van der Waals surface area contributed by atoms with Gasteiger partial charge >= 0.3 is 0 Å². The van der Waals surface area contributed by atoms with Crippen LogP contribution in [0.1, 0.15) is 17.5 Å². The Morgan fingerprint density at radius 2 is 1.59 bits per heavy atom. The van der Waals surface area contributed by atoms with Crippen LogP contribution in [0.15, 0.2) is 53.5 Å². The summed E-state index contributed by atoms with van der Waals surface area (Å²) in [6, 6.07) is 16.7. The molecule has 1 saturated heterocycles. The fourth-order valence-corrected chi connectivity index (χ4v) is 3.92. The van der Waals surface area contributed by atoms with E-state index in [0.717, 1.165) is 75.3 Å². The minimum atomic E-state index is 0.670. The van der Waals surface area contributed by atoms with Crippen LogP contribution in [0.3, 0.4) is 0 Å². The van der Waals surface area contributed by atoms with Gasteiger partial charge in [0.25, 0.3) is 0 Å². The zero-order valence-corrected chi connectivity index (χ0v) is 19.6. The minimum Gasteiger partial charge on any atom is -0.493 e. The van der Waals surface area contributed by atoms with Crippen molar-refractivity contribution in [3.63, 3.8) is 0 Å². The second-order valence-electron chi connectivity index (χ2n) is 8.00. The van der Waals surface area contributed by atoms with Gasteiger partial charge in [-0.25, -0.2) is 0 Å². The molecule has 32 heavy (non-hydrogen) atoms. The van der Waals surface area contributed by atoms with Gasteiger partial charge in [0, 0.05) is 52.9 Å². The zero-order chi connectivity index (χ0) is 22.6. The molecule has 0 radical (unpaired) electrons. The minimum absolute atomic E-state index is 0.670. The van der Waals surface area contributed by atoms with Gasteiger partial charge in [-0.3, -0.25) is 9.89 Å². The van der Waals surface area contributed by atoms with E-state index in [9.17, 15) is 0 Å². The molecule has 174 valence electrons. The van der Waals surface area contributed by atoms with E-state index in [1.165, 1.54) is 5.56 Å². The molecule has 0 unspecified atom stereocenters. The smallest absolute Gasteiger partial charge is 0.191 e. The van der Waals surface area contributed by atoms with Crippen LogP contribution in [0.4, 0.5) is 0 Å². The Kier molecular flexibility index (Phi) is 9.65. The molecule has 1 aliphatic rings. The lowest BCUT2D eigenvalue weighted by Gasteiger charge is -2.34. The largest absolute Gasteiger partial charge is 0.493 e. The van der Waals surface area contributed by atoms with Crippen molar-refractivity contribution in [2.24, 2.45) is 4.99 Å². The van der Waals surface area contributed by atoms with Crippen LogP contribution >= 0.6 is 0 Å². The summed E-state index contributed by atoms with van der Waals surface area (Å²) in [5.74, 6) is 2.28. The molecule has 7 heteroatoms. The van der Waals surface area contributed by atoms with Crippen molar-refractivity contribution >= 4 is 5.96 Å². The quantitative estimate of drug-likeness (QED) is 0.337. The lowest BCUT2D eigenvalue weighted by atomic mass is 10.2. The molecule has 7 nitrogen and oxygen atoms in total. The molecule has 0 saturated carbocycles. The third-order valence-corrected chi connectivity index (χ3v) is 5.79. The summed E-state index contributed by atoms with van der Waals surface area (Å²) in [4.78, 5) is 9.44. The monoisotopic (exact) mass is 439 g/mol. The highest BCUT2D eigenvalue weighted by Crippen LogP contribution is 2.27. The Labute approximate surface area is 192 Å². The van der Waals surface area contributed by atoms with Crippen LogP contribution in [0.25, 0.3) is 0 Å². The number of aliphatic imine (C=N–C) groups is 1. The first kappa shape index (κ1) is 23.9. The molecule has 0 atom stereocenters. The van der Waals surface area contributed by atoms with Gasteiger partial charge in [0.2, 0.25) is 0 Å². The summed E-state index contributed by atoms with van der Waals surface area (Å²) in [6.45, 7) is 8.28. The van der Waals surface area contributed by atoms with Gasteiger partial charge in [0.1, 0.15) is 0 Å². The number of ether oxygens (including phenoxy) is 2. The molecule has 0 aromatic heterocycles. The molecule has 2 N–H and O–H groups in total. The van der Waals surface area contributed by atoms with Crippen LogP contribution in [-0.2, 0) is 13.1 Å². The number of rotatable bonds is 10. The van der Waals surface area contributed by atoms with Crippen molar-refractivity contribution in [1.29, 1.82) is 0 Å². The highest BCUT2D eigenvalue weighted by molar-refractivity contribution is 5.79. The number of methoxy groups -OCH3 is 2. The molecule has 0 aliphatic carbocycles. The van der Waals surface area contributed by atoms with Gasteiger partial charge in [-0.05, 0) is 36.2 Å². The molecule has 1 heterocycles. The summed E-state index contributed by atoms with van der Waals surface area (Å²) in [5, 5.41) is 6.78. The van der Waals surface area contributed by atoms with E-state index in [0.29, 0.717) is 6.54 Å². The number of guanidine groups is 1. The van der Waals surface area contributed by atoms with E-state index in [-0.39, 0.29) is 0 Å². The second-order valence-corrected chi connectivity index (χ2v) is 8.00. The molecule has 0 amide bonds. The first-order valence-corrected chi connectivity index (χ1v) is 11.4. The normalized spacial score (nSPS) is 15.4. The van der Waals surface area contributed by atoms with Crippen molar-refractivity contribution in [2.75, 3.05) is 60.5 Å². The van der Waals surface area contributed by atoms with Crippen LogP contribution in [0.2, 0.25) is 0 Å². The average Bonchev–Trinajstić information content (AvgIpc) is 2.85. The predicted octanol–water partition coefficient (Wildman–Crippen LogP) is 2.58. The third kappa shape index (κ3) is 7.43. The van der Waals surface area contributed by atoms with E-state index in [1.807, 2.05) is 18.2 Å². The maximum Gasteiger partial charge on any atom is 0.191 e. The van der Waals surface area contributed by atoms with Gasteiger partial charge < -0.3 is 25.0 Å². The van der Waals surface area contributed by atoms with Crippen LogP contribution in [0.5, 0.6) is 11.5 Å². The summed E-state index contributed by atoms with van der Waals surface area (Å²) in [7, 11) is 5.10. The van der Waals surface area contributed by atoms with Crippen LogP contribution in [0, 0.1) is 0 Å². The summed E-state index contributed by atoms with van der Waals surface area (Å²) in [6.07, 6.45) is 1.09. The number of hydrogen-bond acceptors (Lipinski definition) is 5. The second kappa shape index (κ2) is 12.9. The van der Waals surface area contributed by atoms with E-state index in [1.54, 1.807) is 21.3 Å². The van der Waals surface area contributed by atoms with E-state index in [4.69, 9.17) is 9.47 Å². The SMILES string of the molecule is CN=C(NCCCN1CCN(Cc2ccccc2)CC1)NCc1ccc(OC)c(OC)c1. The number of benzene rings is 2. The maximum absolute atomic E-state index is 5.38.